The van der Waals surface area contributed by atoms with Gasteiger partial charge < -0.3 is 19.7 Å². The summed E-state index contributed by atoms with van der Waals surface area (Å²) in [4.78, 5) is 11.3. The summed E-state index contributed by atoms with van der Waals surface area (Å²) in [6.07, 6.45) is 10.8. The molecule has 0 saturated carbocycles. The fourth-order valence-electron chi connectivity index (χ4n) is 4.91. The highest BCUT2D eigenvalue weighted by molar-refractivity contribution is 5.85. The monoisotopic (exact) mass is 416 g/mol. The standard InChI is InChI=1S/C25H36O5/c1-16(10-12-20-17(2)8-6-14-25(20,3)4)7-5-9-18-11-13-21(29-23(18)27)19-15-22(26)30-24(19)28/h7,11,15,21,23-24,27-28H,5-6,8-10,12-14H2,1-4H3/t21-,23?,24?/m1/s1. The number of esters is 1. The molecule has 0 bridgehead atoms. The van der Waals surface area contributed by atoms with Gasteiger partial charge in [-0.2, -0.15) is 0 Å². The molecule has 3 rings (SSSR count). The molecular formula is C25H36O5. The maximum Gasteiger partial charge on any atom is 0.333 e. The van der Waals surface area contributed by atoms with E-state index in [2.05, 4.69) is 33.8 Å². The Bertz CT molecular complexity index is 783. The summed E-state index contributed by atoms with van der Waals surface area (Å²) >= 11 is 0. The van der Waals surface area contributed by atoms with Crippen LogP contribution in [0.4, 0.5) is 0 Å². The van der Waals surface area contributed by atoms with Crippen LogP contribution in [-0.2, 0) is 14.3 Å². The van der Waals surface area contributed by atoms with Crippen molar-refractivity contribution in [3.05, 3.63) is 46.1 Å². The summed E-state index contributed by atoms with van der Waals surface area (Å²) in [6, 6.07) is 0. The molecule has 0 saturated heterocycles. The van der Waals surface area contributed by atoms with Crippen LogP contribution in [0.2, 0.25) is 0 Å². The maximum atomic E-state index is 11.3. The van der Waals surface area contributed by atoms with E-state index in [1.54, 1.807) is 11.1 Å². The highest BCUT2D eigenvalue weighted by Gasteiger charge is 2.34. The van der Waals surface area contributed by atoms with Crippen molar-refractivity contribution in [1.82, 2.24) is 0 Å². The summed E-state index contributed by atoms with van der Waals surface area (Å²) in [7, 11) is 0. The van der Waals surface area contributed by atoms with E-state index in [9.17, 15) is 15.0 Å². The lowest BCUT2D eigenvalue weighted by Gasteiger charge is -2.35. The molecule has 0 radical (unpaired) electrons. The number of ether oxygens (including phenoxy) is 2. The van der Waals surface area contributed by atoms with E-state index >= 15 is 0 Å². The molecule has 2 aliphatic heterocycles. The summed E-state index contributed by atoms with van der Waals surface area (Å²) < 4.78 is 10.3. The Kier molecular flexibility index (Phi) is 7.38. The smallest absolute Gasteiger partial charge is 0.333 e. The van der Waals surface area contributed by atoms with Crippen LogP contribution in [0.5, 0.6) is 0 Å². The molecule has 2 heterocycles. The number of rotatable bonds is 7. The lowest BCUT2D eigenvalue weighted by Crippen LogP contribution is -2.32. The maximum absolute atomic E-state index is 11.3. The molecule has 2 N–H and O–H groups in total. The zero-order valence-corrected chi connectivity index (χ0v) is 18.7. The second-order valence-corrected chi connectivity index (χ2v) is 9.51. The molecule has 5 nitrogen and oxygen atoms in total. The minimum absolute atomic E-state index is 0.325. The Morgan fingerprint density at radius 1 is 1.27 bits per heavy atom. The fourth-order valence-corrected chi connectivity index (χ4v) is 4.91. The van der Waals surface area contributed by atoms with Gasteiger partial charge in [-0.15, -0.1) is 0 Å². The van der Waals surface area contributed by atoms with E-state index in [1.165, 1.54) is 30.9 Å². The topological polar surface area (TPSA) is 76.0 Å². The fraction of sp³-hybridized carbons (Fsp3) is 0.640. The van der Waals surface area contributed by atoms with Crippen molar-refractivity contribution in [3.8, 4) is 0 Å². The Hall–Kier alpha value is -1.69. The molecule has 166 valence electrons. The predicted octanol–water partition coefficient (Wildman–Crippen LogP) is 4.86. The van der Waals surface area contributed by atoms with Gasteiger partial charge in [-0.1, -0.05) is 42.7 Å². The number of hydrogen-bond donors (Lipinski definition) is 2. The van der Waals surface area contributed by atoms with E-state index in [-0.39, 0.29) is 0 Å². The highest BCUT2D eigenvalue weighted by atomic mass is 16.6. The number of cyclic esters (lactones) is 1. The van der Waals surface area contributed by atoms with Gasteiger partial charge in [-0.3, -0.25) is 0 Å². The Balaban J connectivity index is 1.49. The first-order valence-corrected chi connectivity index (χ1v) is 11.1. The molecule has 0 fully saturated rings. The Morgan fingerprint density at radius 2 is 2.03 bits per heavy atom. The van der Waals surface area contributed by atoms with Crippen molar-refractivity contribution < 1.29 is 24.5 Å². The molecule has 30 heavy (non-hydrogen) atoms. The number of aliphatic hydroxyl groups excluding tert-OH is 2. The molecule has 0 aromatic heterocycles. The van der Waals surface area contributed by atoms with Crippen LogP contribution in [-0.4, -0.2) is 34.9 Å². The minimum Gasteiger partial charge on any atom is -0.429 e. The Morgan fingerprint density at radius 3 is 2.67 bits per heavy atom. The molecule has 2 unspecified atom stereocenters. The molecule has 5 heteroatoms. The third kappa shape index (κ3) is 5.51. The Labute approximate surface area is 180 Å². The van der Waals surface area contributed by atoms with Gasteiger partial charge in [-0.25, -0.2) is 4.79 Å². The summed E-state index contributed by atoms with van der Waals surface area (Å²) in [5.41, 5.74) is 6.15. The van der Waals surface area contributed by atoms with Gasteiger partial charge in [0.1, 0.15) is 0 Å². The molecule has 0 amide bonds. The predicted molar refractivity (Wildman–Crippen MR) is 116 cm³/mol. The number of carbonyl (C=O) groups is 1. The van der Waals surface area contributed by atoms with Crippen molar-refractivity contribution in [3.63, 3.8) is 0 Å². The van der Waals surface area contributed by atoms with Gasteiger partial charge in [-0.05, 0) is 76.2 Å². The number of hydrogen-bond acceptors (Lipinski definition) is 5. The molecule has 1 aliphatic carbocycles. The van der Waals surface area contributed by atoms with Crippen LogP contribution in [0, 0.1) is 5.41 Å². The molecule has 0 spiro atoms. The van der Waals surface area contributed by atoms with E-state index in [4.69, 9.17) is 9.47 Å². The molecule has 3 aliphatic rings. The normalized spacial score (nSPS) is 29.6. The van der Waals surface area contributed by atoms with E-state index < -0.39 is 24.7 Å². The van der Waals surface area contributed by atoms with Crippen LogP contribution < -0.4 is 0 Å². The zero-order valence-electron chi connectivity index (χ0n) is 18.7. The first-order chi connectivity index (χ1) is 14.2. The van der Waals surface area contributed by atoms with Crippen molar-refractivity contribution in [2.75, 3.05) is 0 Å². The third-order valence-corrected chi connectivity index (χ3v) is 6.75. The average molecular weight is 417 g/mol. The van der Waals surface area contributed by atoms with Crippen molar-refractivity contribution in [2.24, 2.45) is 5.41 Å². The van der Waals surface area contributed by atoms with E-state index in [0.29, 0.717) is 17.4 Å². The van der Waals surface area contributed by atoms with Gasteiger partial charge in [0.05, 0.1) is 6.10 Å². The largest absolute Gasteiger partial charge is 0.429 e. The van der Waals surface area contributed by atoms with Gasteiger partial charge >= 0.3 is 5.97 Å². The molecule has 0 aromatic carbocycles. The second kappa shape index (κ2) is 9.63. The average Bonchev–Trinajstić information content (AvgIpc) is 3.00. The van der Waals surface area contributed by atoms with Crippen LogP contribution in [0.15, 0.2) is 46.1 Å². The highest BCUT2D eigenvalue weighted by Crippen LogP contribution is 2.42. The van der Waals surface area contributed by atoms with E-state index in [0.717, 1.165) is 31.3 Å². The van der Waals surface area contributed by atoms with Crippen LogP contribution in [0.25, 0.3) is 0 Å². The van der Waals surface area contributed by atoms with Gasteiger partial charge in [0.25, 0.3) is 0 Å². The third-order valence-electron chi connectivity index (χ3n) is 6.75. The number of allylic oxidation sites excluding steroid dienone is 4. The van der Waals surface area contributed by atoms with E-state index in [1.807, 2.05) is 6.08 Å². The van der Waals surface area contributed by atoms with Crippen molar-refractivity contribution in [2.45, 2.75) is 97.7 Å². The first kappa shape index (κ1) is 23.0. The number of carbonyl (C=O) groups excluding carboxylic acids is 1. The zero-order chi connectivity index (χ0) is 21.9. The summed E-state index contributed by atoms with van der Waals surface area (Å²) in [5, 5.41) is 20.1. The van der Waals surface area contributed by atoms with Gasteiger partial charge in [0, 0.05) is 11.6 Å². The van der Waals surface area contributed by atoms with Crippen molar-refractivity contribution >= 4 is 5.97 Å². The molecule has 0 aromatic rings. The van der Waals surface area contributed by atoms with Crippen LogP contribution in [0.3, 0.4) is 0 Å². The summed E-state index contributed by atoms with van der Waals surface area (Å²) in [6.45, 7) is 9.23. The quantitative estimate of drug-likeness (QED) is 0.458. The van der Waals surface area contributed by atoms with Crippen molar-refractivity contribution in [1.29, 1.82) is 0 Å². The molecular weight excluding hydrogens is 380 g/mol. The lowest BCUT2D eigenvalue weighted by molar-refractivity contribution is -0.155. The summed E-state index contributed by atoms with van der Waals surface area (Å²) in [5.74, 6) is -0.575. The number of aliphatic hydroxyl groups is 2. The second-order valence-electron chi connectivity index (χ2n) is 9.51. The first-order valence-electron chi connectivity index (χ1n) is 11.1. The minimum atomic E-state index is -1.27. The van der Waals surface area contributed by atoms with Crippen LogP contribution >= 0.6 is 0 Å². The lowest BCUT2D eigenvalue weighted by atomic mass is 9.71. The van der Waals surface area contributed by atoms with Crippen LogP contribution in [0.1, 0.15) is 79.1 Å². The van der Waals surface area contributed by atoms with Gasteiger partial charge in [0.2, 0.25) is 6.29 Å². The van der Waals surface area contributed by atoms with Gasteiger partial charge in [0.15, 0.2) is 6.29 Å². The molecule has 3 atom stereocenters. The SMILES string of the molecule is CC(=CCCC1=CC[C@H](C2=CC(=O)OC2O)OC1O)CCC1=C(C)CCCC1(C)C.